The zero-order valence-electron chi connectivity index (χ0n) is 17.6. The highest BCUT2D eigenvalue weighted by atomic mass is 16.2. The second-order valence-electron chi connectivity index (χ2n) is 7.34. The molecule has 1 amide bonds. The predicted molar refractivity (Wildman–Crippen MR) is 125 cm³/mol. The van der Waals surface area contributed by atoms with Gasteiger partial charge in [-0.15, -0.1) is 10.2 Å². The molecular formula is C24H19N7O2. The van der Waals surface area contributed by atoms with Crippen molar-refractivity contribution in [1.82, 2.24) is 30.2 Å². The van der Waals surface area contributed by atoms with Crippen LogP contribution in [-0.2, 0) is 0 Å². The molecule has 0 radical (unpaired) electrons. The number of benzene rings is 2. The quantitative estimate of drug-likeness (QED) is 0.364. The van der Waals surface area contributed by atoms with Crippen LogP contribution in [0.3, 0.4) is 0 Å². The summed E-state index contributed by atoms with van der Waals surface area (Å²) in [5.74, 6) is 0.286. The fourth-order valence-electron chi connectivity index (χ4n) is 3.51. The van der Waals surface area contributed by atoms with Crippen molar-refractivity contribution in [3.8, 4) is 17.1 Å². The van der Waals surface area contributed by atoms with Gasteiger partial charge < -0.3 is 4.98 Å². The lowest BCUT2D eigenvalue weighted by molar-refractivity contribution is 0.0961. The largest absolute Gasteiger partial charge is 0.345 e. The first-order valence-corrected chi connectivity index (χ1v) is 10.2. The molecule has 3 N–H and O–H groups in total. The van der Waals surface area contributed by atoms with Crippen molar-refractivity contribution in [2.24, 2.45) is 0 Å². The van der Waals surface area contributed by atoms with Gasteiger partial charge in [-0.2, -0.15) is 0 Å². The van der Waals surface area contributed by atoms with Gasteiger partial charge in [0.1, 0.15) is 11.2 Å². The van der Waals surface area contributed by atoms with Gasteiger partial charge >= 0.3 is 0 Å². The number of nitrogens with zero attached hydrogens (tertiary/aromatic N) is 4. The average molecular weight is 437 g/mol. The van der Waals surface area contributed by atoms with E-state index in [9.17, 15) is 9.59 Å². The Kier molecular flexibility index (Phi) is 5.12. The van der Waals surface area contributed by atoms with Crippen LogP contribution >= 0.6 is 0 Å². The molecule has 33 heavy (non-hydrogen) atoms. The predicted octanol–water partition coefficient (Wildman–Crippen LogP) is 3.24. The van der Waals surface area contributed by atoms with Gasteiger partial charge in [-0.1, -0.05) is 48.5 Å². The number of nitrogens with one attached hydrogen (secondary N) is 3. The molecule has 0 unspecified atom stereocenters. The number of pyridine rings is 2. The summed E-state index contributed by atoms with van der Waals surface area (Å²) in [4.78, 5) is 32.8. The summed E-state index contributed by atoms with van der Waals surface area (Å²) >= 11 is 0. The molecule has 0 fully saturated rings. The number of aryl methyl sites for hydroxylation is 1. The number of hydrazine groups is 1. The topological polar surface area (TPSA) is 118 Å². The maximum Gasteiger partial charge on any atom is 0.275 e. The number of anilines is 1. The van der Waals surface area contributed by atoms with Gasteiger partial charge in [0, 0.05) is 17.5 Å². The molecule has 9 heteroatoms. The van der Waals surface area contributed by atoms with Crippen molar-refractivity contribution in [2.75, 3.05) is 5.43 Å². The summed E-state index contributed by atoms with van der Waals surface area (Å²) in [6.45, 7) is 1.83. The first kappa shape index (κ1) is 20.1. The Morgan fingerprint density at radius 2 is 1.67 bits per heavy atom. The highest BCUT2D eigenvalue weighted by Crippen LogP contribution is 2.24. The van der Waals surface area contributed by atoms with E-state index >= 15 is 0 Å². The van der Waals surface area contributed by atoms with E-state index in [2.05, 4.69) is 31.0 Å². The molecule has 0 saturated carbocycles. The SMILES string of the molecule is Cc1ccc2c(=O)c(C(=O)NNc3nnc(-c4ccccc4)n3-c3ccccc3)c[nH]c2n1. The monoisotopic (exact) mass is 437 g/mol. The van der Waals surface area contributed by atoms with E-state index in [-0.39, 0.29) is 5.56 Å². The van der Waals surface area contributed by atoms with Gasteiger partial charge in [-0.25, -0.2) is 4.98 Å². The number of carbonyl (C=O) groups excluding carboxylic acids is 1. The molecule has 2 aromatic carbocycles. The first-order chi connectivity index (χ1) is 16.1. The summed E-state index contributed by atoms with van der Waals surface area (Å²) < 4.78 is 1.78. The number of rotatable bonds is 5. The van der Waals surface area contributed by atoms with Gasteiger partial charge in [-0.3, -0.25) is 25.0 Å². The molecule has 0 aliphatic rings. The number of carbonyl (C=O) groups is 1. The van der Waals surface area contributed by atoms with Gasteiger partial charge in [0.25, 0.3) is 5.91 Å². The Hall–Kier alpha value is -4.79. The zero-order valence-corrected chi connectivity index (χ0v) is 17.6. The van der Waals surface area contributed by atoms with E-state index in [0.717, 1.165) is 16.9 Å². The second-order valence-corrected chi connectivity index (χ2v) is 7.34. The second kappa shape index (κ2) is 8.39. The molecule has 162 valence electrons. The highest BCUT2D eigenvalue weighted by Gasteiger charge is 2.18. The maximum absolute atomic E-state index is 12.8. The fourth-order valence-corrected chi connectivity index (χ4v) is 3.51. The van der Waals surface area contributed by atoms with Crippen LogP contribution < -0.4 is 16.3 Å². The molecule has 3 heterocycles. The first-order valence-electron chi connectivity index (χ1n) is 10.2. The van der Waals surface area contributed by atoms with E-state index < -0.39 is 11.3 Å². The molecular weight excluding hydrogens is 418 g/mol. The van der Waals surface area contributed by atoms with Gasteiger partial charge in [-0.05, 0) is 31.2 Å². The molecule has 0 spiro atoms. The van der Waals surface area contributed by atoms with Crippen molar-refractivity contribution in [3.63, 3.8) is 0 Å². The molecule has 3 aromatic heterocycles. The van der Waals surface area contributed by atoms with Crippen molar-refractivity contribution in [2.45, 2.75) is 6.92 Å². The molecule has 9 nitrogen and oxygen atoms in total. The van der Waals surface area contributed by atoms with Crippen LogP contribution in [-0.4, -0.2) is 30.6 Å². The minimum absolute atomic E-state index is 0.0466. The normalized spacial score (nSPS) is 10.8. The van der Waals surface area contributed by atoms with Crippen LogP contribution in [0.2, 0.25) is 0 Å². The van der Waals surface area contributed by atoms with Crippen LogP contribution in [0.4, 0.5) is 5.95 Å². The molecule has 5 aromatic rings. The van der Waals surface area contributed by atoms with Crippen molar-refractivity contribution >= 4 is 22.9 Å². The third-order valence-corrected chi connectivity index (χ3v) is 5.12. The smallest absolute Gasteiger partial charge is 0.275 e. The summed E-state index contributed by atoms with van der Waals surface area (Å²) in [6, 6.07) is 22.5. The lowest BCUT2D eigenvalue weighted by Gasteiger charge is -2.12. The number of aromatic nitrogens is 5. The number of H-pyrrole nitrogens is 1. The van der Waals surface area contributed by atoms with Crippen LogP contribution in [0.1, 0.15) is 16.1 Å². The molecule has 0 atom stereocenters. The lowest BCUT2D eigenvalue weighted by atomic mass is 10.2. The van der Waals surface area contributed by atoms with Crippen LogP contribution in [0.5, 0.6) is 0 Å². The van der Waals surface area contributed by atoms with Crippen molar-refractivity contribution < 1.29 is 4.79 Å². The van der Waals surface area contributed by atoms with Gasteiger partial charge in [0.15, 0.2) is 5.82 Å². The number of hydrogen-bond acceptors (Lipinski definition) is 6. The Labute approximate surface area is 188 Å². The number of amides is 1. The Bertz CT molecular complexity index is 1510. The Morgan fingerprint density at radius 3 is 2.42 bits per heavy atom. The lowest BCUT2D eigenvalue weighted by Crippen LogP contribution is -2.34. The molecule has 0 aliphatic carbocycles. The van der Waals surface area contributed by atoms with E-state index in [4.69, 9.17) is 0 Å². The average Bonchev–Trinajstić information content (AvgIpc) is 3.28. The summed E-state index contributed by atoms with van der Waals surface area (Å²) in [7, 11) is 0. The van der Waals surface area contributed by atoms with Crippen LogP contribution in [0, 0.1) is 6.92 Å². The van der Waals surface area contributed by atoms with Crippen molar-refractivity contribution in [3.05, 3.63) is 100 Å². The molecule has 0 aliphatic heterocycles. The molecule has 0 bridgehead atoms. The highest BCUT2D eigenvalue weighted by molar-refractivity contribution is 5.97. The minimum Gasteiger partial charge on any atom is -0.345 e. The number of aromatic amines is 1. The van der Waals surface area contributed by atoms with Gasteiger partial charge in [0.05, 0.1) is 11.1 Å². The van der Waals surface area contributed by atoms with Gasteiger partial charge in [0.2, 0.25) is 11.4 Å². The number of para-hydroxylation sites is 1. The van der Waals surface area contributed by atoms with E-state index in [1.54, 1.807) is 16.7 Å². The number of hydrogen-bond donors (Lipinski definition) is 3. The van der Waals surface area contributed by atoms with E-state index in [1.165, 1.54) is 6.20 Å². The third kappa shape index (κ3) is 3.83. The Balaban J connectivity index is 1.47. The fraction of sp³-hybridized carbons (Fsp3) is 0.0417. The van der Waals surface area contributed by atoms with Crippen LogP contribution in [0.25, 0.3) is 28.1 Å². The third-order valence-electron chi connectivity index (χ3n) is 5.12. The summed E-state index contributed by atoms with van der Waals surface area (Å²) in [5.41, 5.74) is 7.77. The number of fused-ring (bicyclic) bond motifs is 1. The maximum atomic E-state index is 12.8. The van der Waals surface area contributed by atoms with Crippen LogP contribution in [0.15, 0.2) is 83.8 Å². The summed E-state index contributed by atoms with van der Waals surface area (Å²) in [5, 5.41) is 8.85. The standard InChI is InChI=1S/C24H19N7O2/c1-15-12-13-18-20(32)19(14-25-21(18)26-15)23(33)28-30-24-29-27-22(16-8-4-2-5-9-16)31(24)17-10-6-3-7-11-17/h2-14H,1H3,(H,28,33)(H,29,30)(H,25,26,32). The van der Waals surface area contributed by atoms with E-state index in [0.29, 0.717) is 22.8 Å². The zero-order chi connectivity index (χ0) is 22.8. The summed E-state index contributed by atoms with van der Waals surface area (Å²) in [6.07, 6.45) is 1.35. The van der Waals surface area contributed by atoms with Crippen molar-refractivity contribution in [1.29, 1.82) is 0 Å². The Morgan fingerprint density at radius 1 is 0.939 bits per heavy atom. The molecule has 0 saturated heterocycles. The van der Waals surface area contributed by atoms with E-state index in [1.807, 2.05) is 67.6 Å². The molecule has 5 rings (SSSR count). The minimum atomic E-state index is -0.609.